The molecule has 1 saturated heterocycles. The lowest BCUT2D eigenvalue weighted by Gasteiger charge is -2.49. The van der Waals surface area contributed by atoms with Crippen LogP contribution in [-0.4, -0.2) is 82.9 Å². The number of carbonyl (C=O) groups is 4. The number of amides is 4. The molecule has 0 saturated carbocycles. The summed E-state index contributed by atoms with van der Waals surface area (Å²) >= 11 is 2.57. The van der Waals surface area contributed by atoms with E-state index < -0.39 is 47.2 Å². The van der Waals surface area contributed by atoms with Crippen LogP contribution in [0.4, 0.5) is 4.79 Å². The Bertz CT molecular complexity index is 1290. The summed E-state index contributed by atoms with van der Waals surface area (Å²) in [5.74, 6) is -2.39. The molecule has 3 atom stereocenters. The van der Waals surface area contributed by atoms with Crippen LogP contribution < -0.4 is 22.1 Å². The number of thioether (sulfide) groups is 2. The third-order valence-corrected chi connectivity index (χ3v) is 7.83. The van der Waals surface area contributed by atoms with Gasteiger partial charge in [0, 0.05) is 18.6 Å². The van der Waals surface area contributed by atoms with E-state index in [1.165, 1.54) is 33.1 Å². The monoisotopic (exact) mass is 546 g/mol. The molecule has 0 spiro atoms. The first kappa shape index (κ1) is 26.0. The number of hydrogen-bond acceptors (Lipinski definition) is 9. The number of carboxylic acid groups (broad SMARTS) is 1. The van der Waals surface area contributed by atoms with Gasteiger partial charge in [0.05, 0.1) is 0 Å². The van der Waals surface area contributed by atoms with Crippen LogP contribution in [0.25, 0.3) is 0 Å². The number of carbonyl (C=O) groups excluding carboxylic acids is 3. The van der Waals surface area contributed by atoms with Gasteiger partial charge in [-0.2, -0.15) is 4.99 Å². The number of guanidine groups is 1. The number of rotatable bonds is 8. The number of nitrogens with two attached hydrogens (primary N) is 2. The maximum Gasteiger partial charge on any atom is 0.352 e. The number of aliphatic imine (C=N–C) groups is 1. The molecule has 17 heteroatoms. The molecule has 2 aromatic rings. The number of aliphatic carboxylic acids is 1. The molecule has 7 N–H and O–H groups in total. The topological polar surface area (TPSA) is 224 Å². The molecule has 2 aliphatic rings. The van der Waals surface area contributed by atoms with Crippen LogP contribution in [0.5, 0.6) is 0 Å². The van der Waals surface area contributed by atoms with E-state index in [-0.39, 0.29) is 11.4 Å². The number of fused-ring (bicyclic) bond motifs is 1. The fourth-order valence-electron chi connectivity index (χ4n) is 3.74. The molecule has 0 aliphatic carbocycles. The first-order valence-electron chi connectivity index (χ1n) is 10.7. The molecule has 2 aliphatic heterocycles. The summed E-state index contributed by atoms with van der Waals surface area (Å²) < 4.78 is 1.46. The molecule has 3 heterocycles. The van der Waals surface area contributed by atoms with Crippen molar-refractivity contribution in [2.24, 2.45) is 23.5 Å². The predicted molar refractivity (Wildman–Crippen MR) is 133 cm³/mol. The second-order valence-corrected chi connectivity index (χ2v) is 9.90. The number of nitrogens with one attached hydrogen (secondary N) is 2. The summed E-state index contributed by atoms with van der Waals surface area (Å²) in [5, 5.41) is 25.9. The van der Waals surface area contributed by atoms with Crippen molar-refractivity contribution in [3.8, 4) is 0 Å². The Morgan fingerprint density at radius 2 is 2.03 bits per heavy atom. The van der Waals surface area contributed by atoms with Crippen LogP contribution in [0.2, 0.25) is 0 Å². The average molecular weight is 547 g/mol. The van der Waals surface area contributed by atoms with Gasteiger partial charge in [0.2, 0.25) is 11.1 Å². The third kappa shape index (κ3) is 5.51. The molecule has 4 amide bonds. The summed E-state index contributed by atoms with van der Waals surface area (Å²) in [6.07, 6.45) is 0. The number of hydrogen-bond donors (Lipinski definition) is 5. The zero-order chi connectivity index (χ0) is 26.7. The van der Waals surface area contributed by atoms with E-state index in [1.807, 2.05) is 0 Å². The predicted octanol–water partition coefficient (Wildman–Crippen LogP) is -1.23. The lowest BCUT2D eigenvalue weighted by Crippen LogP contribution is -2.71. The van der Waals surface area contributed by atoms with Crippen molar-refractivity contribution in [3.63, 3.8) is 0 Å². The standard InChI is InChI=1S/C20H22N10O5S2/c1-29-20(26-27-28-29)37-8-10-7-36-16-12(15(32)30(16)13(10)17(33)34)23-14(31)11(9-5-3-2-4-6-9)24-19(35)25-18(21)22/h2-6,11-12,16H,7-8H2,1H3,(H,23,31)(H,33,34)(H5,21,22,24,25,35)/t11?,12-,16-/m1/s1. The number of carboxylic acids is 1. The van der Waals surface area contributed by atoms with Crippen LogP contribution in [0.1, 0.15) is 11.6 Å². The highest BCUT2D eigenvalue weighted by Gasteiger charge is 2.54. The molecule has 15 nitrogen and oxygen atoms in total. The fourth-order valence-corrected chi connectivity index (χ4v) is 6.08. The van der Waals surface area contributed by atoms with Crippen molar-refractivity contribution in [1.29, 1.82) is 0 Å². The number of urea groups is 1. The van der Waals surface area contributed by atoms with Gasteiger partial charge in [-0.1, -0.05) is 42.1 Å². The summed E-state index contributed by atoms with van der Waals surface area (Å²) in [4.78, 5) is 54.9. The maximum absolute atomic E-state index is 13.2. The van der Waals surface area contributed by atoms with Crippen molar-refractivity contribution < 1.29 is 24.3 Å². The highest BCUT2D eigenvalue weighted by molar-refractivity contribution is 8.01. The molecular formula is C20H22N10O5S2. The Balaban J connectivity index is 1.50. The molecule has 4 rings (SSSR count). The largest absolute Gasteiger partial charge is 0.477 e. The van der Waals surface area contributed by atoms with E-state index in [9.17, 15) is 24.3 Å². The molecule has 1 aromatic carbocycles. The van der Waals surface area contributed by atoms with E-state index in [0.29, 0.717) is 22.0 Å². The van der Waals surface area contributed by atoms with Crippen LogP contribution in [0.15, 0.2) is 51.8 Å². The number of β-lactam (4-membered cyclic amide) rings is 1. The van der Waals surface area contributed by atoms with E-state index >= 15 is 0 Å². The lowest BCUT2D eigenvalue weighted by atomic mass is 10.0. The van der Waals surface area contributed by atoms with Gasteiger partial charge >= 0.3 is 12.0 Å². The number of aromatic nitrogens is 4. The third-order valence-electron chi connectivity index (χ3n) is 5.40. The Morgan fingerprint density at radius 1 is 1.30 bits per heavy atom. The minimum atomic E-state index is -1.25. The highest BCUT2D eigenvalue weighted by Crippen LogP contribution is 2.41. The second kappa shape index (κ2) is 10.9. The number of aryl methyl sites for hydroxylation is 1. The summed E-state index contributed by atoms with van der Waals surface area (Å²) in [6, 6.07) is 5.20. The number of nitrogens with zero attached hydrogens (tertiary/aromatic N) is 6. The lowest BCUT2D eigenvalue weighted by molar-refractivity contribution is -0.150. The second-order valence-electron chi connectivity index (χ2n) is 7.86. The van der Waals surface area contributed by atoms with E-state index in [4.69, 9.17) is 11.5 Å². The van der Waals surface area contributed by atoms with Crippen molar-refractivity contribution in [3.05, 3.63) is 47.2 Å². The van der Waals surface area contributed by atoms with Gasteiger partial charge in [-0.15, -0.1) is 16.9 Å². The minimum absolute atomic E-state index is 0.123. The van der Waals surface area contributed by atoms with E-state index in [2.05, 4.69) is 31.2 Å². The Labute approximate surface area is 218 Å². The molecular weight excluding hydrogens is 524 g/mol. The van der Waals surface area contributed by atoms with Crippen molar-refractivity contribution >= 4 is 53.3 Å². The van der Waals surface area contributed by atoms with Crippen molar-refractivity contribution in [2.45, 2.75) is 22.6 Å². The van der Waals surface area contributed by atoms with Gasteiger partial charge in [0.15, 0.2) is 5.96 Å². The molecule has 1 aromatic heterocycles. The van der Waals surface area contributed by atoms with Crippen LogP contribution in [-0.2, 0) is 21.4 Å². The first-order chi connectivity index (χ1) is 17.7. The van der Waals surface area contributed by atoms with Crippen LogP contribution in [0.3, 0.4) is 0 Å². The molecule has 194 valence electrons. The maximum atomic E-state index is 13.2. The molecule has 37 heavy (non-hydrogen) atoms. The van der Waals surface area contributed by atoms with Gasteiger partial charge in [-0.05, 0) is 21.6 Å². The fraction of sp³-hybridized carbons (Fsp3) is 0.300. The molecule has 1 fully saturated rings. The van der Waals surface area contributed by atoms with Crippen molar-refractivity contribution in [2.75, 3.05) is 11.5 Å². The highest BCUT2D eigenvalue weighted by atomic mass is 32.2. The summed E-state index contributed by atoms with van der Waals surface area (Å²) in [7, 11) is 1.66. The zero-order valence-corrected chi connectivity index (χ0v) is 20.9. The van der Waals surface area contributed by atoms with Gasteiger partial charge in [-0.25, -0.2) is 14.3 Å². The number of benzene rings is 1. The summed E-state index contributed by atoms with van der Waals surface area (Å²) in [5.41, 5.74) is 11.3. The zero-order valence-electron chi connectivity index (χ0n) is 19.3. The smallest absolute Gasteiger partial charge is 0.352 e. The normalized spacial score (nSPS) is 19.4. The van der Waals surface area contributed by atoms with Crippen LogP contribution >= 0.6 is 23.5 Å². The van der Waals surface area contributed by atoms with E-state index in [0.717, 1.165) is 0 Å². The quantitative estimate of drug-likeness (QED) is 0.113. The van der Waals surface area contributed by atoms with Gasteiger partial charge < -0.3 is 27.2 Å². The Morgan fingerprint density at radius 3 is 2.65 bits per heavy atom. The summed E-state index contributed by atoms with van der Waals surface area (Å²) in [6.45, 7) is 0. The van der Waals surface area contributed by atoms with Gasteiger partial charge in [0.1, 0.15) is 23.2 Å². The van der Waals surface area contributed by atoms with Gasteiger partial charge in [-0.3, -0.25) is 14.5 Å². The minimum Gasteiger partial charge on any atom is -0.477 e. The van der Waals surface area contributed by atoms with Crippen molar-refractivity contribution in [1.82, 2.24) is 35.7 Å². The molecule has 0 bridgehead atoms. The van der Waals surface area contributed by atoms with Gasteiger partial charge in [0.25, 0.3) is 5.91 Å². The SMILES string of the molecule is Cn1nnnc1SCC1=C(C(=O)O)N2C(=O)[C@@H](NC(=O)C(NC(=O)N=C(N)N)c3ccccc3)[C@H]2SC1. The molecule has 1 unspecified atom stereocenters. The average Bonchev–Trinajstić information content (AvgIpc) is 3.28. The first-order valence-corrected chi connectivity index (χ1v) is 12.7. The number of tetrazole rings is 1. The Hall–Kier alpha value is -4.12. The van der Waals surface area contributed by atoms with E-state index in [1.54, 1.807) is 37.4 Å². The Kier molecular flexibility index (Phi) is 7.63. The molecule has 0 radical (unpaired) electrons. The van der Waals surface area contributed by atoms with Crippen LogP contribution in [0, 0.1) is 0 Å².